The molecule has 16 heavy (non-hydrogen) atoms. The molecule has 0 aliphatic carbocycles. The summed E-state index contributed by atoms with van der Waals surface area (Å²) in [5.41, 5.74) is 2.19. The van der Waals surface area contributed by atoms with Crippen molar-refractivity contribution >= 4 is 0 Å². The van der Waals surface area contributed by atoms with Gasteiger partial charge in [-0.15, -0.1) is 0 Å². The van der Waals surface area contributed by atoms with E-state index >= 15 is 0 Å². The minimum absolute atomic E-state index is 0.422. The van der Waals surface area contributed by atoms with E-state index in [-0.39, 0.29) is 0 Å². The van der Waals surface area contributed by atoms with Crippen LogP contribution in [0.3, 0.4) is 0 Å². The SMILES string of the molecule is CCOC(C#Cc1ccccc1C)OCC. The first-order valence-corrected chi connectivity index (χ1v) is 5.58. The molecule has 0 radical (unpaired) electrons. The second kappa shape index (κ2) is 7.05. The lowest BCUT2D eigenvalue weighted by Gasteiger charge is -2.09. The summed E-state index contributed by atoms with van der Waals surface area (Å²) in [5.74, 6) is 6.07. The van der Waals surface area contributed by atoms with Crippen LogP contribution in [0.2, 0.25) is 0 Å². The molecule has 0 saturated heterocycles. The molecular formula is C14H18O2. The quantitative estimate of drug-likeness (QED) is 0.571. The monoisotopic (exact) mass is 218 g/mol. The normalized spacial score (nSPS) is 10.0. The average Bonchev–Trinajstić information content (AvgIpc) is 2.28. The molecule has 86 valence electrons. The molecule has 1 aromatic rings. The van der Waals surface area contributed by atoms with Crippen molar-refractivity contribution < 1.29 is 9.47 Å². The molecule has 0 heterocycles. The van der Waals surface area contributed by atoms with Gasteiger partial charge in [0, 0.05) is 18.8 Å². The standard InChI is InChI=1S/C14H18O2/c1-4-15-14(16-5-2)11-10-13-9-7-6-8-12(13)3/h6-9,14H,4-5H2,1-3H3. The van der Waals surface area contributed by atoms with Gasteiger partial charge < -0.3 is 9.47 Å². The summed E-state index contributed by atoms with van der Waals surface area (Å²) >= 11 is 0. The van der Waals surface area contributed by atoms with Gasteiger partial charge in [-0.05, 0) is 38.3 Å². The highest BCUT2D eigenvalue weighted by atomic mass is 16.7. The molecule has 0 aliphatic rings. The van der Waals surface area contributed by atoms with Gasteiger partial charge in [-0.2, -0.15) is 0 Å². The Morgan fingerprint density at radius 1 is 1.12 bits per heavy atom. The number of ether oxygens (including phenoxy) is 2. The van der Waals surface area contributed by atoms with E-state index in [1.165, 1.54) is 5.56 Å². The van der Waals surface area contributed by atoms with Gasteiger partial charge in [-0.25, -0.2) is 0 Å². The van der Waals surface area contributed by atoms with E-state index in [0.29, 0.717) is 13.2 Å². The number of aryl methyl sites for hydroxylation is 1. The summed E-state index contributed by atoms with van der Waals surface area (Å²) in [4.78, 5) is 0. The minimum Gasteiger partial charge on any atom is -0.342 e. The first kappa shape index (κ1) is 12.8. The van der Waals surface area contributed by atoms with Crippen LogP contribution in [-0.4, -0.2) is 19.5 Å². The second-order valence-electron chi connectivity index (χ2n) is 3.33. The van der Waals surface area contributed by atoms with Crippen LogP contribution in [0.5, 0.6) is 0 Å². The summed E-state index contributed by atoms with van der Waals surface area (Å²) in [6, 6.07) is 8.02. The molecule has 0 atom stereocenters. The zero-order chi connectivity index (χ0) is 11.8. The molecule has 0 bridgehead atoms. The molecule has 0 spiro atoms. The fourth-order valence-corrected chi connectivity index (χ4v) is 1.28. The van der Waals surface area contributed by atoms with Crippen molar-refractivity contribution in [3.05, 3.63) is 35.4 Å². The Morgan fingerprint density at radius 2 is 1.75 bits per heavy atom. The summed E-state index contributed by atoms with van der Waals surface area (Å²) < 4.78 is 10.7. The maximum absolute atomic E-state index is 5.35. The van der Waals surface area contributed by atoms with E-state index < -0.39 is 6.29 Å². The lowest BCUT2D eigenvalue weighted by Crippen LogP contribution is -2.14. The van der Waals surface area contributed by atoms with Crippen molar-refractivity contribution in [2.45, 2.75) is 27.1 Å². The number of rotatable bonds is 4. The Kier molecular flexibility index (Phi) is 5.63. The second-order valence-corrected chi connectivity index (χ2v) is 3.33. The maximum Gasteiger partial charge on any atom is 0.222 e. The Labute approximate surface area is 97.6 Å². The van der Waals surface area contributed by atoms with Crippen LogP contribution >= 0.6 is 0 Å². The van der Waals surface area contributed by atoms with Gasteiger partial charge in [-0.1, -0.05) is 24.1 Å². The van der Waals surface area contributed by atoms with Gasteiger partial charge in [0.15, 0.2) is 0 Å². The van der Waals surface area contributed by atoms with Gasteiger partial charge in [-0.3, -0.25) is 0 Å². The van der Waals surface area contributed by atoms with Crippen LogP contribution in [-0.2, 0) is 9.47 Å². The van der Waals surface area contributed by atoms with E-state index in [9.17, 15) is 0 Å². The number of benzene rings is 1. The molecule has 0 aromatic heterocycles. The molecule has 1 aromatic carbocycles. The van der Waals surface area contributed by atoms with Gasteiger partial charge >= 0.3 is 0 Å². The Balaban J connectivity index is 2.74. The average molecular weight is 218 g/mol. The van der Waals surface area contributed by atoms with Crippen LogP contribution in [0.1, 0.15) is 25.0 Å². The molecule has 0 fully saturated rings. The highest BCUT2D eigenvalue weighted by Gasteiger charge is 2.01. The molecule has 2 nitrogen and oxygen atoms in total. The smallest absolute Gasteiger partial charge is 0.222 e. The molecule has 0 saturated carbocycles. The molecule has 1 rings (SSSR count). The van der Waals surface area contributed by atoms with Crippen molar-refractivity contribution in [2.75, 3.05) is 13.2 Å². The first-order chi connectivity index (χ1) is 7.77. The minimum atomic E-state index is -0.422. The van der Waals surface area contributed by atoms with E-state index in [0.717, 1.165) is 5.56 Å². The van der Waals surface area contributed by atoms with E-state index in [1.807, 2.05) is 45.0 Å². The highest BCUT2D eigenvalue weighted by molar-refractivity contribution is 5.40. The van der Waals surface area contributed by atoms with Crippen LogP contribution in [0.4, 0.5) is 0 Å². The number of hydrogen-bond donors (Lipinski definition) is 0. The molecule has 0 N–H and O–H groups in total. The third-order valence-corrected chi connectivity index (χ3v) is 2.11. The summed E-state index contributed by atoms with van der Waals surface area (Å²) in [6.45, 7) is 7.11. The predicted octanol–water partition coefficient (Wildman–Crippen LogP) is 2.75. The van der Waals surface area contributed by atoms with Crippen LogP contribution in [0.25, 0.3) is 0 Å². The lowest BCUT2D eigenvalue weighted by molar-refractivity contribution is -0.0969. The third kappa shape index (κ3) is 4.06. The fraction of sp³-hybridized carbons (Fsp3) is 0.429. The van der Waals surface area contributed by atoms with Gasteiger partial charge in [0.1, 0.15) is 0 Å². The summed E-state index contributed by atoms with van der Waals surface area (Å²) in [5, 5.41) is 0. The van der Waals surface area contributed by atoms with E-state index in [4.69, 9.17) is 9.47 Å². The van der Waals surface area contributed by atoms with Gasteiger partial charge in [0.2, 0.25) is 6.29 Å². The Hall–Kier alpha value is -1.30. The Morgan fingerprint density at radius 3 is 2.31 bits per heavy atom. The topological polar surface area (TPSA) is 18.5 Å². The van der Waals surface area contributed by atoms with Crippen molar-refractivity contribution in [1.29, 1.82) is 0 Å². The molecule has 2 heteroatoms. The van der Waals surface area contributed by atoms with E-state index in [2.05, 4.69) is 11.8 Å². The van der Waals surface area contributed by atoms with E-state index in [1.54, 1.807) is 0 Å². The molecule has 0 amide bonds. The number of hydrogen-bond acceptors (Lipinski definition) is 2. The van der Waals surface area contributed by atoms with Gasteiger partial charge in [0.25, 0.3) is 0 Å². The zero-order valence-electron chi connectivity index (χ0n) is 10.1. The van der Waals surface area contributed by atoms with Crippen LogP contribution in [0.15, 0.2) is 24.3 Å². The summed E-state index contributed by atoms with van der Waals surface area (Å²) in [7, 11) is 0. The van der Waals surface area contributed by atoms with Crippen molar-refractivity contribution in [3.63, 3.8) is 0 Å². The first-order valence-electron chi connectivity index (χ1n) is 5.58. The van der Waals surface area contributed by atoms with Crippen molar-refractivity contribution in [1.82, 2.24) is 0 Å². The predicted molar refractivity (Wildman–Crippen MR) is 65.1 cm³/mol. The van der Waals surface area contributed by atoms with Crippen LogP contribution in [0, 0.1) is 18.8 Å². The van der Waals surface area contributed by atoms with Crippen molar-refractivity contribution in [2.24, 2.45) is 0 Å². The lowest BCUT2D eigenvalue weighted by atomic mass is 10.1. The molecule has 0 unspecified atom stereocenters. The maximum atomic E-state index is 5.35. The van der Waals surface area contributed by atoms with Crippen LogP contribution < -0.4 is 0 Å². The Bertz CT molecular complexity index is 368. The van der Waals surface area contributed by atoms with Gasteiger partial charge in [0.05, 0.1) is 0 Å². The summed E-state index contributed by atoms with van der Waals surface area (Å²) in [6.07, 6.45) is -0.422. The molecular weight excluding hydrogens is 200 g/mol. The fourth-order valence-electron chi connectivity index (χ4n) is 1.28. The zero-order valence-corrected chi connectivity index (χ0v) is 10.1. The third-order valence-electron chi connectivity index (χ3n) is 2.11. The molecule has 0 aliphatic heterocycles. The largest absolute Gasteiger partial charge is 0.342 e. The van der Waals surface area contributed by atoms with Crippen molar-refractivity contribution in [3.8, 4) is 11.8 Å². The highest BCUT2D eigenvalue weighted by Crippen LogP contribution is 2.05.